The molecule has 2 amide bonds. The number of halogens is 3. The summed E-state index contributed by atoms with van der Waals surface area (Å²) in [6.45, 7) is 0.216. The average Bonchev–Trinajstić information content (AvgIpc) is 3.64. The maximum absolute atomic E-state index is 16.1. The molecule has 0 radical (unpaired) electrons. The van der Waals surface area contributed by atoms with Gasteiger partial charge in [0.05, 0.1) is 29.1 Å². The Morgan fingerprint density at radius 2 is 1.97 bits per heavy atom. The molecule has 1 fully saturated rings. The number of anilines is 1. The molecule has 3 heterocycles. The van der Waals surface area contributed by atoms with Gasteiger partial charge >= 0.3 is 5.97 Å². The number of benzene rings is 2. The molecule has 1 saturated heterocycles. The molecule has 1 aliphatic heterocycles. The number of rotatable bonds is 8. The number of aliphatic carboxylic acids is 1. The van der Waals surface area contributed by atoms with Gasteiger partial charge in [0.1, 0.15) is 0 Å². The number of nitrogens with zero attached hydrogens (tertiary/aromatic N) is 2. The van der Waals surface area contributed by atoms with E-state index >= 15 is 4.39 Å². The van der Waals surface area contributed by atoms with Crippen molar-refractivity contribution in [1.29, 1.82) is 0 Å². The van der Waals surface area contributed by atoms with Crippen LogP contribution in [-0.2, 0) is 28.2 Å². The van der Waals surface area contributed by atoms with E-state index in [-0.39, 0.29) is 53.2 Å². The quantitative estimate of drug-likeness (QED) is 0.212. The number of thiophene rings is 1. The molecule has 5 rings (SSSR count). The lowest BCUT2D eigenvalue weighted by atomic mass is 10.1. The molecule has 202 valence electrons. The van der Waals surface area contributed by atoms with Crippen LogP contribution in [0.1, 0.15) is 45.1 Å². The third-order valence-electron chi connectivity index (χ3n) is 6.54. The molecule has 2 aromatic carbocycles. The first kappa shape index (κ1) is 27.5. The number of alkyl halides is 1. The highest BCUT2D eigenvalue weighted by molar-refractivity contribution is 7.17. The lowest BCUT2D eigenvalue weighted by Gasteiger charge is -2.29. The van der Waals surface area contributed by atoms with Gasteiger partial charge in [0, 0.05) is 44.5 Å². The van der Waals surface area contributed by atoms with Crippen LogP contribution in [0, 0.1) is 0 Å². The number of fused-ring (bicyclic) bond motifs is 1. The largest absolute Gasteiger partial charge is 0.481 e. The van der Waals surface area contributed by atoms with Crippen molar-refractivity contribution in [3.63, 3.8) is 0 Å². The fourth-order valence-corrected chi connectivity index (χ4v) is 7.02. The van der Waals surface area contributed by atoms with Crippen LogP contribution < -0.4 is 5.32 Å². The number of hydrogen-bond acceptors (Lipinski definition) is 6. The minimum atomic E-state index is -2.07. The summed E-state index contributed by atoms with van der Waals surface area (Å²) < 4.78 is 17.1. The van der Waals surface area contributed by atoms with Gasteiger partial charge in [0.15, 0.2) is 5.01 Å². The zero-order chi connectivity index (χ0) is 27.7. The molecule has 0 saturated carbocycles. The Morgan fingerprint density at radius 3 is 2.77 bits per heavy atom. The minimum absolute atomic E-state index is 0.0802. The number of amides is 2. The Kier molecular flexibility index (Phi) is 7.91. The fraction of sp³-hybridized carbons (Fsp3) is 0.259. The van der Waals surface area contributed by atoms with Gasteiger partial charge in [-0.2, -0.15) is 0 Å². The predicted octanol–water partition coefficient (Wildman–Crippen LogP) is 6.92. The van der Waals surface area contributed by atoms with Crippen LogP contribution in [0.4, 0.5) is 10.1 Å². The Bertz CT molecular complexity index is 1590. The van der Waals surface area contributed by atoms with Crippen LogP contribution in [0.5, 0.6) is 0 Å². The van der Waals surface area contributed by atoms with E-state index in [9.17, 15) is 14.4 Å². The monoisotopic (exact) mass is 605 g/mol. The number of carboxylic acids is 1. The number of aromatic nitrogens is 1. The van der Waals surface area contributed by atoms with Gasteiger partial charge < -0.3 is 15.3 Å². The third kappa shape index (κ3) is 5.65. The second-order valence-electron chi connectivity index (χ2n) is 9.13. The SMILES string of the molecule is O=C(O)CCc1cnc([C@@]2(F)CCCN2C(=O)Cc2cc(Cl)c(NC(=O)c3csc4ccccc34)cc2Cl)s1. The molecule has 2 aromatic heterocycles. The van der Waals surface area contributed by atoms with Crippen molar-refractivity contribution < 1.29 is 23.9 Å². The summed E-state index contributed by atoms with van der Waals surface area (Å²) in [6, 6.07) is 10.6. The zero-order valence-electron chi connectivity index (χ0n) is 20.4. The molecule has 1 atom stereocenters. The van der Waals surface area contributed by atoms with E-state index in [1.54, 1.807) is 5.38 Å². The van der Waals surface area contributed by atoms with E-state index in [1.165, 1.54) is 29.7 Å². The summed E-state index contributed by atoms with van der Waals surface area (Å²) in [4.78, 5) is 43.0. The molecule has 12 heteroatoms. The number of thiazole rings is 1. The molecule has 0 aliphatic carbocycles. The molecule has 0 bridgehead atoms. The van der Waals surface area contributed by atoms with Crippen molar-refractivity contribution in [3.8, 4) is 0 Å². The average molecular weight is 607 g/mol. The van der Waals surface area contributed by atoms with Gasteiger partial charge in [0.2, 0.25) is 11.7 Å². The Balaban J connectivity index is 1.30. The molecule has 1 aliphatic rings. The lowest BCUT2D eigenvalue weighted by molar-refractivity contribution is -0.142. The van der Waals surface area contributed by atoms with Crippen LogP contribution in [0.2, 0.25) is 10.0 Å². The second-order valence-corrected chi connectivity index (χ2v) is 12.0. The van der Waals surface area contributed by atoms with Gasteiger partial charge in [-0.25, -0.2) is 9.37 Å². The van der Waals surface area contributed by atoms with Gasteiger partial charge in [-0.1, -0.05) is 41.4 Å². The fourth-order valence-electron chi connectivity index (χ4n) is 4.58. The summed E-state index contributed by atoms with van der Waals surface area (Å²) in [5.74, 6) is -3.83. The lowest BCUT2D eigenvalue weighted by Crippen LogP contribution is -2.42. The molecular weight excluding hydrogens is 584 g/mol. The number of aryl methyl sites for hydroxylation is 1. The first-order valence-corrected chi connectivity index (χ1v) is 14.5. The Labute approximate surface area is 241 Å². The van der Waals surface area contributed by atoms with Crippen molar-refractivity contribution in [2.24, 2.45) is 0 Å². The maximum Gasteiger partial charge on any atom is 0.303 e. The maximum atomic E-state index is 16.1. The number of carbonyl (C=O) groups is 3. The standard InChI is InChI=1S/C27H22Cl2FN3O4S2/c28-19-12-21(32-25(37)18-14-38-22-5-2-1-4-17(18)22)20(29)10-15(19)11-23(34)33-9-3-8-27(33,30)26-31-13-16(39-26)6-7-24(35)36/h1-2,4-5,10,12-14H,3,6-9,11H2,(H,32,37)(H,35,36)/t27-/m1/s1. The van der Waals surface area contributed by atoms with Crippen molar-refractivity contribution in [2.45, 2.75) is 37.9 Å². The van der Waals surface area contributed by atoms with E-state index in [2.05, 4.69) is 10.3 Å². The summed E-state index contributed by atoms with van der Waals surface area (Å²) in [5, 5.41) is 14.8. The molecule has 2 N–H and O–H groups in total. The number of nitrogens with one attached hydrogen (secondary N) is 1. The van der Waals surface area contributed by atoms with Crippen LogP contribution >= 0.6 is 45.9 Å². The van der Waals surface area contributed by atoms with Crippen molar-refractivity contribution in [2.75, 3.05) is 11.9 Å². The normalized spacial score (nSPS) is 17.1. The highest BCUT2D eigenvalue weighted by Gasteiger charge is 2.47. The Morgan fingerprint density at radius 1 is 1.18 bits per heavy atom. The zero-order valence-corrected chi connectivity index (χ0v) is 23.5. The topological polar surface area (TPSA) is 99.6 Å². The van der Waals surface area contributed by atoms with Gasteiger partial charge in [-0.3, -0.25) is 14.4 Å². The first-order valence-electron chi connectivity index (χ1n) is 12.1. The molecular formula is C27H22Cl2FN3O4S2. The molecule has 0 spiro atoms. The summed E-state index contributed by atoms with van der Waals surface area (Å²) in [6.07, 6.45) is 2.00. The van der Waals surface area contributed by atoms with Crippen molar-refractivity contribution in [3.05, 3.63) is 79.0 Å². The first-order chi connectivity index (χ1) is 18.7. The highest BCUT2D eigenvalue weighted by Crippen LogP contribution is 2.43. The number of carbonyl (C=O) groups excluding carboxylic acids is 2. The third-order valence-corrected chi connectivity index (χ3v) is 9.35. The predicted molar refractivity (Wildman–Crippen MR) is 152 cm³/mol. The second kappa shape index (κ2) is 11.2. The molecule has 4 aromatic rings. The molecule has 39 heavy (non-hydrogen) atoms. The van der Waals surface area contributed by atoms with E-state index in [0.29, 0.717) is 28.1 Å². The Hall–Kier alpha value is -3.05. The van der Waals surface area contributed by atoms with Crippen molar-refractivity contribution in [1.82, 2.24) is 9.88 Å². The van der Waals surface area contributed by atoms with Gasteiger partial charge in [0.25, 0.3) is 5.91 Å². The number of carboxylic acid groups (broad SMARTS) is 1. The van der Waals surface area contributed by atoms with Crippen LogP contribution in [0.15, 0.2) is 48.0 Å². The van der Waals surface area contributed by atoms with E-state index < -0.39 is 17.7 Å². The summed E-state index contributed by atoms with van der Waals surface area (Å²) in [5.41, 5.74) is 1.22. The van der Waals surface area contributed by atoms with E-state index in [0.717, 1.165) is 26.3 Å². The molecule has 0 unspecified atom stereocenters. The van der Waals surface area contributed by atoms with Crippen molar-refractivity contribution >= 4 is 79.4 Å². The highest BCUT2D eigenvalue weighted by atomic mass is 35.5. The smallest absolute Gasteiger partial charge is 0.303 e. The van der Waals surface area contributed by atoms with Gasteiger partial charge in [-0.05, 0) is 36.6 Å². The minimum Gasteiger partial charge on any atom is -0.481 e. The summed E-state index contributed by atoms with van der Waals surface area (Å²) in [7, 11) is 0. The van der Waals surface area contributed by atoms with E-state index in [1.807, 2.05) is 24.3 Å². The van der Waals surface area contributed by atoms with Crippen LogP contribution in [0.25, 0.3) is 10.1 Å². The summed E-state index contributed by atoms with van der Waals surface area (Å²) >= 11 is 15.5. The van der Waals surface area contributed by atoms with Crippen LogP contribution in [0.3, 0.4) is 0 Å². The van der Waals surface area contributed by atoms with E-state index in [4.69, 9.17) is 28.3 Å². The number of hydrogen-bond donors (Lipinski definition) is 2. The van der Waals surface area contributed by atoms with Crippen LogP contribution in [-0.4, -0.2) is 39.3 Å². The number of likely N-dealkylation sites (tertiary alicyclic amines) is 1. The molecule has 7 nitrogen and oxygen atoms in total. The van der Waals surface area contributed by atoms with Gasteiger partial charge in [-0.15, -0.1) is 22.7 Å².